The summed E-state index contributed by atoms with van der Waals surface area (Å²) in [5.74, 6) is 0.690. The van der Waals surface area contributed by atoms with Gasteiger partial charge in [-0.15, -0.1) is 11.8 Å². The predicted octanol–water partition coefficient (Wildman–Crippen LogP) is 4.13. The van der Waals surface area contributed by atoms with Gasteiger partial charge in [0.1, 0.15) is 0 Å². The molecule has 0 aromatic heterocycles. The fourth-order valence-electron chi connectivity index (χ4n) is 2.37. The normalized spacial score (nSPS) is 25.3. The molecule has 2 heteroatoms. The van der Waals surface area contributed by atoms with Gasteiger partial charge in [0, 0.05) is 16.1 Å². The Hall–Kier alpha value is -0.730. The zero-order chi connectivity index (χ0) is 13.0. The SMILES string of the molecule is CC(C)[C@H](O)[C@@H]1C=C[C@H](Sc2ccccc2)CC1. The number of hydrogen-bond acceptors (Lipinski definition) is 2. The molecule has 0 spiro atoms. The number of aliphatic hydroxyl groups excluding tert-OH is 1. The van der Waals surface area contributed by atoms with Crippen molar-refractivity contribution >= 4 is 11.8 Å². The average Bonchev–Trinajstić information content (AvgIpc) is 2.40. The van der Waals surface area contributed by atoms with Crippen molar-refractivity contribution in [2.24, 2.45) is 11.8 Å². The fourth-order valence-corrected chi connectivity index (χ4v) is 3.45. The summed E-state index contributed by atoms with van der Waals surface area (Å²) in [6, 6.07) is 10.5. The molecule has 1 aromatic carbocycles. The summed E-state index contributed by atoms with van der Waals surface area (Å²) in [5, 5.41) is 10.6. The summed E-state index contributed by atoms with van der Waals surface area (Å²) in [6.45, 7) is 4.17. The summed E-state index contributed by atoms with van der Waals surface area (Å²) in [6.07, 6.45) is 6.56. The van der Waals surface area contributed by atoms with Crippen molar-refractivity contribution in [3.63, 3.8) is 0 Å². The Labute approximate surface area is 114 Å². The lowest BCUT2D eigenvalue weighted by Crippen LogP contribution is -2.27. The highest BCUT2D eigenvalue weighted by atomic mass is 32.2. The molecule has 3 atom stereocenters. The van der Waals surface area contributed by atoms with E-state index in [2.05, 4.69) is 56.3 Å². The molecule has 1 aliphatic rings. The molecule has 0 aliphatic heterocycles. The molecular formula is C16H22OS. The molecule has 98 valence electrons. The molecule has 1 nitrogen and oxygen atoms in total. The minimum Gasteiger partial charge on any atom is -0.392 e. The first kappa shape index (κ1) is 13.7. The number of rotatable bonds is 4. The maximum Gasteiger partial charge on any atom is 0.0625 e. The highest BCUT2D eigenvalue weighted by molar-refractivity contribution is 8.00. The van der Waals surface area contributed by atoms with Gasteiger partial charge in [-0.25, -0.2) is 0 Å². The van der Waals surface area contributed by atoms with Gasteiger partial charge >= 0.3 is 0 Å². The predicted molar refractivity (Wildman–Crippen MR) is 78.8 cm³/mol. The summed E-state index contributed by atoms with van der Waals surface area (Å²) < 4.78 is 0. The average molecular weight is 262 g/mol. The molecular weight excluding hydrogens is 240 g/mol. The smallest absolute Gasteiger partial charge is 0.0625 e. The topological polar surface area (TPSA) is 20.2 Å². The van der Waals surface area contributed by atoms with Gasteiger partial charge in [0.05, 0.1) is 6.10 Å². The van der Waals surface area contributed by atoms with Crippen molar-refractivity contribution in [3.8, 4) is 0 Å². The van der Waals surface area contributed by atoms with Gasteiger partial charge in [-0.05, 0) is 30.9 Å². The Morgan fingerprint density at radius 2 is 1.83 bits per heavy atom. The van der Waals surface area contributed by atoms with Gasteiger partial charge in [-0.3, -0.25) is 0 Å². The van der Waals surface area contributed by atoms with Crippen molar-refractivity contribution in [1.82, 2.24) is 0 Å². The van der Waals surface area contributed by atoms with Crippen molar-refractivity contribution in [1.29, 1.82) is 0 Å². The first-order valence-electron chi connectivity index (χ1n) is 6.75. The third-order valence-electron chi connectivity index (χ3n) is 3.51. The Morgan fingerprint density at radius 1 is 1.11 bits per heavy atom. The van der Waals surface area contributed by atoms with Crippen LogP contribution in [0.25, 0.3) is 0 Å². The van der Waals surface area contributed by atoms with Crippen LogP contribution in [-0.4, -0.2) is 16.5 Å². The monoisotopic (exact) mass is 262 g/mol. The molecule has 1 aliphatic carbocycles. The standard InChI is InChI=1S/C16H22OS/c1-12(2)16(17)13-8-10-15(11-9-13)18-14-6-4-3-5-7-14/h3-8,10,12-13,15-17H,9,11H2,1-2H3/t13-,15+,16+/m1/s1. The van der Waals surface area contributed by atoms with Gasteiger partial charge < -0.3 is 5.11 Å². The van der Waals surface area contributed by atoms with Crippen LogP contribution in [-0.2, 0) is 0 Å². The molecule has 1 N–H and O–H groups in total. The van der Waals surface area contributed by atoms with E-state index in [-0.39, 0.29) is 6.10 Å². The van der Waals surface area contributed by atoms with Gasteiger partial charge in [-0.1, -0.05) is 44.2 Å². The van der Waals surface area contributed by atoms with Crippen LogP contribution in [0.1, 0.15) is 26.7 Å². The molecule has 0 unspecified atom stereocenters. The van der Waals surface area contributed by atoms with Crippen molar-refractivity contribution in [2.45, 2.75) is 42.9 Å². The van der Waals surface area contributed by atoms with Crippen LogP contribution in [0.3, 0.4) is 0 Å². The fraction of sp³-hybridized carbons (Fsp3) is 0.500. The van der Waals surface area contributed by atoms with Crippen LogP contribution in [0, 0.1) is 11.8 Å². The first-order valence-corrected chi connectivity index (χ1v) is 7.63. The Bertz CT molecular complexity index is 385. The quantitative estimate of drug-likeness (QED) is 0.823. The third-order valence-corrected chi connectivity index (χ3v) is 4.75. The molecule has 0 heterocycles. The molecule has 0 fully saturated rings. The van der Waals surface area contributed by atoms with E-state index in [1.165, 1.54) is 4.90 Å². The van der Waals surface area contributed by atoms with E-state index in [0.29, 0.717) is 17.1 Å². The molecule has 1 aromatic rings. The molecule has 0 bridgehead atoms. The lowest BCUT2D eigenvalue weighted by Gasteiger charge is -2.28. The molecule has 0 saturated heterocycles. The Kier molecular flexibility index (Phi) is 4.90. The van der Waals surface area contributed by atoms with Crippen LogP contribution in [0.4, 0.5) is 0 Å². The molecule has 0 radical (unpaired) electrons. The summed E-state index contributed by atoms with van der Waals surface area (Å²) in [7, 11) is 0. The van der Waals surface area contributed by atoms with E-state index in [9.17, 15) is 5.11 Å². The summed E-state index contributed by atoms with van der Waals surface area (Å²) in [5.41, 5.74) is 0. The van der Waals surface area contributed by atoms with Gasteiger partial charge in [0.25, 0.3) is 0 Å². The Morgan fingerprint density at radius 3 is 2.39 bits per heavy atom. The van der Waals surface area contributed by atoms with Crippen LogP contribution in [0.15, 0.2) is 47.4 Å². The Balaban J connectivity index is 1.90. The van der Waals surface area contributed by atoms with Gasteiger partial charge in [-0.2, -0.15) is 0 Å². The summed E-state index contributed by atoms with van der Waals surface area (Å²) in [4.78, 5) is 1.33. The van der Waals surface area contributed by atoms with E-state index in [1.807, 2.05) is 11.8 Å². The number of hydrogen-bond donors (Lipinski definition) is 1. The van der Waals surface area contributed by atoms with E-state index in [1.54, 1.807) is 0 Å². The minimum atomic E-state index is -0.191. The molecule has 0 amide bonds. The first-order chi connectivity index (χ1) is 8.66. The zero-order valence-corrected chi connectivity index (χ0v) is 11.9. The van der Waals surface area contributed by atoms with E-state index in [4.69, 9.17) is 0 Å². The minimum absolute atomic E-state index is 0.191. The maximum atomic E-state index is 10.1. The number of aliphatic hydroxyl groups is 1. The van der Waals surface area contributed by atoms with Crippen molar-refractivity contribution in [3.05, 3.63) is 42.5 Å². The van der Waals surface area contributed by atoms with Crippen LogP contribution < -0.4 is 0 Å². The van der Waals surface area contributed by atoms with Crippen LogP contribution in [0.2, 0.25) is 0 Å². The lowest BCUT2D eigenvalue weighted by molar-refractivity contribution is 0.0782. The van der Waals surface area contributed by atoms with Crippen LogP contribution in [0.5, 0.6) is 0 Å². The molecule has 0 saturated carbocycles. The maximum absolute atomic E-state index is 10.1. The highest BCUT2D eigenvalue weighted by Crippen LogP contribution is 2.33. The van der Waals surface area contributed by atoms with Crippen molar-refractivity contribution in [2.75, 3.05) is 0 Å². The largest absolute Gasteiger partial charge is 0.392 e. The van der Waals surface area contributed by atoms with E-state index >= 15 is 0 Å². The second kappa shape index (κ2) is 6.44. The number of thioether (sulfide) groups is 1. The second-order valence-corrected chi connectivity index (χ2v) is 6.64. The second-order valence-electron chi connectivity index (χ2n) is 5.33. The van der Waals surface area contributed by atoms with E-state index < -0.39 is 0 Å². The molecule has 2 rings (SSSR count). The lowest BCUT2D eigenvalue weighted by atomic mass is 9.86. The van der Waals surface area contributed by atoms with Crippen molar-refractivity contribution < 1.29 is 5.11 Å². The van der Waals surface area contributed by atoms with Gasteiger partial charge in [0.2, 0.25) is 0 Å². The van der Waals surface area contributed by atoms with Crippen LogP contribution >= 0.6 is 11.8 Å². The van der Waals surface area contributed by atoms with E-state index in [0.717, 1.165) is 12.8 Å². The number of benzene rings is 1. The third kappa shape index (κ3) is 3.63. The zero-order valence-electron chi connectivity index (χ0n) is 11.1. The summed E-state index contributed by atoms with van der Waals surface area (Å²) >= 11 is 1.92. The highest BCUT2D eigenvalue weighted by Gasteiger charge is 2.24. The van der Waals surface area contributed by atoms with Gasteiger partial charge in [0.15, 0.2) is 0 Å². The molecule has 18 heavy (non-hydrogen) atoms.